The van der Waals surface area contributed by atoms with E-state index in [0.717, 1.165) is 21.6 Å². The molecule has 1 N–H and O–H groups in total. The van der Waals surface area contributed by atoms with Crippen LogP contribution in [0.15, 0.2) is 59.4 Å². The number of hydrogen-bond acceptors (Lipinski definition) is 5. The molecule has 0 aliphatic carbocycles. The van der Waals surface area contributed by atoms with Crippen molar-refractivity contribution >= 4 is 38.4 Å². The SMILES string of the molecule is Cc1nn(-c2ccc(F)cc2)c2sc(C(=O)N(C)Cc3nc4ccccc4c(=O)[nH]3)cc12. The Labute approximate surface area is 185 Å². The number of thiophene rings is 1. The Bertz CT molecular complexity index is 1530. The smallest absolute Gasteiger partial charge is 0.264 e. The first-order valence-corrected chi connectivity index (χ1v) is 10.7. The van der Waals surface area contributed by atoms with Crippen molar-refractivity contribution in [3.63, 3.8) is 0 Å². The molecule has 0 unspecified atom stereocenters. The number of aryl methyl sites for hydroxylation is 1. The Kier molecular flexibility index (Phi) is 4.82. The summed E-state index contributed by atoms with van der Waals surface area (Å²) in [4.78, 5) is 35.5. The first-order chi connectivity index (χ1) is 15.4. The minimum absolute atomic E-state index is 0.163. The summed E-state index contributed by atoms with van der Waals surface area (Å²) in [5.41, 5.74) is 1.85. The largest absolute Gasteiger partial charge is 0.334 e. The maximum Gasteiger partial charge on any atom is 0.264 e. The number of carbonyl (C=O) groups excluding carboxylic acids is 1. The van der Waals surface area contributed by atoms with Crippen LogP contribution in [-0.4, -0.2) is 37.6 Å². The van der Waals surface area contributed by atoms with E-state index in [1.807, 2.05) is 19.1 Å². The second-order valence-corrected chi connectivity index (χ2v) is 8.52. The summed E-state index contributed by atoms with van der Waals surface area (Å²) in [6.07, 6.45) is 0. The number of halogens is 1. The molecule has 5 rings (SSSR count). The summed E-state index contributed by atoms with van der Waals surface area (Å²) < 4.78 is 15.0. The second kappa shape index (κ2) is 7.69. The van der Waals surface area contributed by atoms with Crippen LogP contribution < -0.4 is 5.56 Å². The van der Waals surface area contributed by atoms with Gasteiger partial charge in [-0.3, -0.25) is 9.59 Å². The van der Waals surface area contributed by atoms with Gasteiger partial charge < -0.3 is 9.88 Å². The molecule has 0 saturated carbocycles. The number of H-pyrrole nitrogens is 1. The maximum absolute atomic E-state index is 13.3. The quantitative estimate of drug-likeness (QED) is 0.451. The van der Waals surface area contributed by atoms with Crippen molar-refractivity contribution in [2.24, 2.45) is 0 Å². The standard InChI is InChI=1S/C23H18FN5O2S/c1-13-17-11-19(32-23(17)29(27-13)15-9-7-14(24)8-10-15)22(31)28(2)12-20-25-18-6-4-3-5-16(18)21(30)26-20/h3-11H,12H2,1-2H3,(H,25,26,30). The Morgan fingerprint density at radius 3 is 2.69 bits per heavy atom. The molecule has 32 heavy (non-hydrogen) atoms. The third kappa shape index (κ3) is 3.46. The third-order valence-electron chi connectivity index (χ3n) is 5.22. The fraction of sp³-hybridized carbons (Fsp3) is 0.130. The van der Waals surface area contributed by atoms with E-state index < -0.39 is 0 Å². The van der Waals surface area contributed by atoms with Gasteiger partial charge in [0, 0.05) is 12.4 Å². The van der Waals surface area contributed by atoms with Crippen molar-refractivity contribution in [2.75, 3.05) is 7.05 Å². The van der Waals surface area contributed by atoms with Gasteiger partial charge in [0.1, 0.15) is 16.5 Å². The van der Waals surface area contributed by atoms with Gasteiger partial charge in [0.25, 0.3) is 11.5 Å². The fourth-order valence-electron chi connectivity index (χ4n) is 3.60. The van der Waals surface area contributed by atoms with Gasteiger partial charge in [0.2, 0.25) is 0 Å². The molecule has 0 bridgehead atoms. The molecule has 0 radical (unpaired) electrons. The van der Waals surface area contributed by atoms with Crippen molar-refractivity contribution in [1.29, 1.82) is 0 Å². The molecule has 0 aliphatic rings. The number of nitrogens with zero attached hydrogens (tertiary/aromatic N) is 4. The van der Waals surface area contributed by atoms with E-state index >= 15 is 0 Å². The summed E-state index contributed by atoms with van der Waals surface area (Å²) in [6.45, 7) is 2.03. The number of rotatable bonds is 4. The van der Waals surface area contributed by atoms with E-state index in [0.29, 0.717) is 21.6 Å². The average molecular weight is 447 g/mol. The van der Waals surface area contributed by atoms with Crippen LogP contribution in [0, 0.1) is 12.7 Å². The highest BCUT2D eigenvalue weighted by atomic mass is 32.1. The van der Waals surface area contributed by atoms with E-state index in [4.69, 9.17) is 0 Å². The predicted molar refractivity (Wildman–Crippen MR) is 122 cm³/mol. The van der Waals surface area contributed by atoms with Gasteiger partial charge in [-0.15, -0.1) is 11.3 Å². The Morgan fingerprint density at radius 2 is 1.91 bits per heavy atom. The van der Waals surface area contributed by atoms with Crippen LogP contribution in [-0.2, 0) is 6.54 Å². The van der Waals surface area contributed by atoms with Gasteiger partial charge in [-0.05, 0) is 49.4 Å². The molecular formula is C23H18FN5O2S. The van der Waals surface area contributed by atoms with E-state index in [1.54, 1.807) is 42.1 Å². The fourth-order valence-corrected chi connectivity index (χ4v) is 4.78. The molecule has 0 fully saturated rings. The first kappa shape index (κ1) is 20.1. The number of amides is 1. The number of carbonyl (C=O) groups is 1. The lowest BCUT2D eigenvalue weighted by molar-refractivity contribution is 0.0786. The highest BCUT2D eigenvalue weighted by Crippen LogP contribution is 2.31. The first-order valence-electron chi connectivity index (χ1n) is 9.89. The summed E-state index contributed by atoms with van der Waals surface area (Å²) >= 11 is 1.32. The zero-order valence-electron chi connectivity index (χ0n) is 17.3. The zero-order chi connectivity index (χ0) is 22.4. The molecular weight excluding hydrogens is 429 g/mol. The molecule has 7 nitrogen and oxygen atoms in total. The molecule has 0 spiro atoms. The van der Waals surface area contributed by atoms with E-state index in [2.05, 4.69) is 15.1 Å². The third-order valence-corrected chi connectivity index (χ3v) is 6.32. The van der Waals surface area contributed by atoms with Crippen LogP contribution in [0.1, 0.15) is 21.2 Å². The van der Waals surface area contributed by atoms with Crippen molar-refractivity contribution < 1.29 is 9.18 Å². The molecule has 1 amide bonds. The lowest BCUT2D eigenvalue weighted by Gasteiger charge is -2.15. The van der Waals surface area contributed by atoms with Crippen LogP contribution in [0.2, 0.25) is 0 Å². The molecule has 0 atom stereocenters. The molecule has 3 aromatic heterocycles. The second-order valence-electron chi connectivity index (χ2n) is 7.49. The molecule has 0 aliphatic heterocycles. The zero-order valence-corrected chi connectivity index (χ0v) is 18.1. The molecule has 0 saturated heterocycles. The van der Waals surface area contributed by atoms with Gasteiger partial charge in [-0.2, -0.15) is 5.10 Å². The number of nitrogens with one attached hydrogen (secondary N) is 1. The lowest BCUT2D eigenvalue weighted by atomic mass is 10.2. The highest BCUT2D eigenvalue weighted by Gasteiger charge is 2.20. The highest BCUT2D eigenvalue weighted by molar-refractivity contribution is 7.20. The Balaban J connectivity index is 1.45. The van der Waals surface area contributed by atoms with Gasteiger partial charge in [0.15, 0.2) is 0 Å². The van der Waals surface area contributed by atoms with Crippen LogP contribution in [0.25, 0.3) is 26.8 Å². The summed E-state index contributed by atoms with van der Waals surface area (Å²) in [5, 5.41) is 5.91. The van der Waals surface area contributed by atoms with Crippen LogP contribution in [0.4, 0.5) is 4.39 Å². The predicted octanol–water partition coefficient (Wildman–Crippen LogP) is 4.04. The van der Waals surface area contributed by atoms with Crippen LogP contribution in [0.3, 0.4) is 0 Å². The Hall–Kier alpha value is -3.85. The van der Waals surface area contributed by atoms with Crippen LogP contribution >= 0.6 is 11.3 Å². The lowest BCUT2D eigenvalue weighted by Crippen LogP contribution is -2.27. The summed E-state index contributed by atoms with van der Waals surface area (Å²) in [6, 6.07) is 15.0. The number of hydrogen-bond donors (Lipinski definition) is 1. The number of fused-ring (bicyclic) bond motifs is 2. The van der Waals surface area contributed by atoms with Gasteiger partial charge >= 0.3 is 0 Å². The number of aromatic nitrogens is 4. The number of para-hydroxylation sites is 1. The van der Waals surface area contributed by atoms with Crippen molar-refractivity contribution in [2.45, 2.75) is 13.5 Å². The van der Waals surface area contributed by atoms with Gasteiger partial charge in [-0.1, -0.05) is 12.1 Å². The summed E-state index contributed by atoms with van der Waals surface area (Å²) in [5.74, 6) is -0.0933. The topological polar surface area (TPSA) is 83.9 Å². The van der Waals surface area contributed by atoms with E-state index in [9.17, 15) is 14.0 Å². The van der Waals surface area contributed by atoms with Crippen molar-refractivity contribution in [1.82, 2.24) is 24.6 Å². The van der Waals surface area contributed by atoms with E-state index in [1.165, 1.54) is 28.4 Å². The molecule has 2 aromatic carbocycles. The van der Waals surface area contributed by atoms with Gasteiger partial charge in [0.05, 0.1) is 33.7 Å². The molecule has 9 heteroatoms. The Morgan fingerprint density at radius 1 is 1.16 bits per heavy atom. The normalized spacial score (nSPS) is 11.3. The van der Waals surface area contributed by atoms with Crippen molar-refractivity contribution in [3.8, 4) is 5.69 Å². The number of benzene rings is 2. The average Bonchev–Trinajstić information content (AvgIpc) is 3.34. The van der Waals surface area contributed by atoms with Crippen molar-refractivity contribution in [3.05, 3.63) is 87.2 Å². The minimum atomic E-state index is -0.321. The maximum atomic E-state index is 13.3. The van der Waals surface area contributed by atoms with Gasteiger partial charge in [-0.25, -0.2) is 14.1 Å². The molecule has 3 heterocycles. The minimum Gasteiger partial charge on any atom is -0.334 e. The van der Waals surface area contributed by atoms with E-state index in [-0.39, 0.29) is 23.8 Å². The number of aromatic amines is 1. The summed E-state index contributed by atoms with van der Waals surface area (Å²) in [7, 11) is 1.67. The molecule has 160 valence electrons. The van der Waals surface area contributed by atoms with Crippen LogP contribution in [0.5, 0.6) is 0 Å². The monoisotopic (exact) mass is 447 g/mol. The molecule has 5 aromatic rings.